The van der Waals surface area contributed by atoms with E-state index in [0.29, 0.717) is 12.1 Å². The summed E-state index contributed by atoms with van der Waals surface area (Å²) in [7, 11) is -3.85. The number of hydrogen-bond acceptors (Lipinski definition) is 4. The lowest BCUT2D eigenvalue weighted by molar-refractivity contribution is -0.122. The molecule has 0 aliphatic rings. The minimum absolute atomic E-state index is 0.000194. The fourth-order valence-corrected chi connectivity index (χ4v) is 3.36. The van der Waals surface area contributed by atoms with Gasteiger partial charge in [-0.3, -0.25) is 9.59 Å². The first kappa shape index (κ1) is 18.8. The topological polar surface area (TPSA) is 92.3 Å². The predicted molar refractivity (Wildman–Crippen MR) is 94.5 cm³/mol. The third kappa shape index (κ3) is 5.23. The quantitative estimate of drug-likeness (QED) is 0.737. The van der Waals surface area contributed by atoms with Crippen LogP contribution in [0.25, 0.3) is 0 Å². The van der Waals surface area contributed by atoms with Gasteiger partial charge >= 0.3 is 0 Å². The Hall–Kier alpha value is -2.51. The van der Waals surface area contributed by atoms with Crippen LogP contribution in [0.4, 0.5) is 0 Å². The molecule has 0 aliphatic carbocycles. The highest BCUT2D eigenvalue weighted by Crippen LogP contribution is 2.11. The summed E-state index contributed by atoms with van der Waals surface area (Å²) in [5.41, 5.74) is 1.35. The van der Waals surface area contributed by atoms with Gasteiger partial charge in [-0.05, 0) is 31.5 Å². The summed E-state index contributed by atoms with van der Waals surface area (Å²) in [4.78, 5) is 23.3. The fourth-order valence-electron chi connectivity index (χ4n) is 2.16. The average Bonchev–Trinajstić information content (AvgIpc) is 2.60. The van der Waals surface area contributed by atoms with E-state index in [1.54, 1.807) is 0 Å². The highest BCUT2D eigenvalue weighted by atomic mass is 32.2. The summed E-state index contributed by atoms with van der Waals surface area (Å²) in [6.07, 6.45) is 0. The minimum Gasteiger partial charge on any atom is -0.351 e. The van der Waals surface area contributed by atoms with Gasteiger partial charge in [0.1, 0.15) is 0 Å². The normalized spacial score (nSPS) is 12.4. The van der Waals surface area contributed by atoms with E-state index in [4.69, 9.17) is 0 Å². The number of Topliss-reactive ketones (excluding diaryl/α,β-unsaturated/α-hetero) is 1. The molecule has 2 aromatic rings. The van der Waals surface area contributed by atoms with Gasteiger partial charge in [0.05, 0.1) is 10.9 Å². The maximum Gasteiger partial charge on any atom is 0.241 e. The number of carbonyl (C=O) groups is 2. The molecule has 2 N–H and O–H groups in total. The molecule has 0 saturated carbocycles. The number of nitrogens with one attached hydrogen (secondary N) is 2. The molecule has 0 fully saturated rings. The van der Waals surface area contributed by atoms with Crippen LogP contribution in [0.5, 0.6) is 0 Å². The molecule has 6 nitrogen and oxygen atoms in total. The number of rotatable bonds is 7. The van der Waals surface area contributed by atoms with Crippen molar-refractivity contribution in [1.82, 2.24) is 10.0 Å². The van der Waals surface area contributed by atoms with Crippen molar-refractivity contribution in [1.29, 1.82) is 0 Å². The Morgan fingerprint density at radius 1 is 1.00 bits per heavy atom. The van der Waals surface area contributed by atoms with Crippen LogP contribution in [-0.4, -0.2) is 26.2 Å². The molecule has 2 rings (SSSR count). The second kappa shape index (κ2) is 8.04. The van der Waals surface area contributed by atoms with E-state index in [0.717, 1.165) is 5.56 Å². The number of hydrogen-bond donors (Lipinski definition) is 2. The van der Waals surface area contributed by atoms with Gasteiger partial charge in [-0.25, -0.2) is 8.42 Å². The molecule has 0 saturated heterocycles. The molecule has 0 bridgehead atoms. The summed E-state index contributed by atoms with van der Waals surface area (Å²) in [6, 6.07) is 14.0. The molecular formula is C18H20N2O4S. The molecule has 0 spiro atoms. The summed E-state index contributed by atoms with van der Waals surface area (Å²) < 4.78 is 27.0. The van der Waals surface area contributed by atoms with E-state index in [-0.39, 0.29) is 10.7 Å². The Bertz CT molecular complexity index is 846. The molecule has 2 aromatic carbocycles. The van der Waals surface area contributed by atoms with E-state index in [1.165, 1.54) is 38.1 Å². The molecule has 1 amide bonds. The van der Waals surface area contributed by atoms with Crippen LogP contribution in [0.2, 0.25) is 0 Å². The van der Waals surface area contributed by atoms with Gasteiger partial charge in [0.2, 0.25) is 15.9 Å². The van der Waals surface area contributed by atoms with E-state index in [2.05, 4.69) is 10.0 Å². The Morgan fingerprint density at radius 2 is 1.60 bits per heavy atom. The first-order chi connectivity index (χ1) is 11.8. The first-order valence-electron chi connectivity index (χ1n) is 7.74. The summed E-state index contributed by atoms with van der Waals surface area (Å²) in [5, 5.41) is 2.69. The lowest BCUT2D eigenvalue weighted by atomic mass is 10.2. The van der Waals surface area contributed by atoms with Gasteiger partial charge < -0.3 is 5.32 Å². The standard InChI is InChI=1S/C18H20N2O4S/c1-13(18(22)19-12-15-6-4-3-5-7-15)20-25(23,24)17-10-8-16(9-11-17)14(2)21/h3-11,13,20H,12H2,1-2H3,(H,19,22)/t13-/m0/s1. The monoisotopic (exact) mass is 360 g/mol. The first-order valence-corrected chi connectivity index (χ1v) is 9.23. The second-order valence-corrected chi connectivity index (χ2v) is 7.34. The number of ketones is 1. The van der Waals surface area contributed by atoms with E-state index >= 15 is 0 Å². The predicted octanol–water partition coefficient (Wildman–Crippen LogP) is 1.87. The van der Waals surface area contributed by atoms with Crippen LogP contribution in [0.1, 0.15) is 29.8 Å². The van der Waals surface area contributed by atoms with Crippen molar-refractivity contribution in [2.24, 2.45) is 0 Å². The van der Waals surface area contributed by atoms with Crippen LogP contribution < -0.4 is 10.0 Å². The highest BCUT2D eigenvalue weighted by molar-refractivity contribution is 7.89. The van der Waals surface area contributed by atoms with Crippen LogP contribution in [-0.2, 0) is 21.4 Å². The zero-order valence-corrected chi connectivity index (χ0v) is 14.8. The number of amides is 1. The van der Waals surface area contributed by atoms with Gasteiger partial charge in [0.15, 0.2) is 5.78 Å². The maximum absolute atomic E-state index is 12.3. The Morgan fingerprint density at radius 3 is 2.16 bits per heavy atom. The fraction of sp³-hybridized carbons (Fsp3) is 0.222. The van der Waals surface area contributed by atoms with Crippen molar-refractivity contribution in [2.75, 3.05) is 0 Å². The zero-order chi connectivity index (χ0) is 18.4. The van der Waals surface area contributed by atoms with Gasteiger partial charge in [-0.1, -0.05) is 42.5 Å². The van der Waals surface area contributed by atoms with Gasteiger partial charge in [-0.2, -0.15) is 4.72 Å². The molecule has 0 aromatic heterocycles. The molecule has 1 atom stereocenters. The van der Waals surface area contributed by atoms with Crippen molar-refractivity contribution < 1.29 is 18.0 Å². The molecular weight excluding hydrogens is 340 g/mol. The largest absolute Gasteiger partial charge is 0.351 e. The van der Waals surface area contributed by atoms with Gasteiger partial charge in [-0.15, -0.1) is 0 Å². The second-order valence-electron chi connectivity index (χ2n) is 5.63. The smallest absolute Gasteiger partial charge is 0.241 e. The summed E-state index contributed by atoms with van der Waals surface area (Å²) >= 11 is 0. The molecule has 132 valence electrons. The van der Waals surface area contributed by atoms with E-state index in [1.807, 2.05) is 30.3 Å². The van der Waals surface area contributed by atoms with Crippen molar-refractivity contribution in [3.63, 3.8) is 0 Å². The van der Waals surface area contributed by atoms with Gasteiger partial charge in [0, 0.05) is 12.1 Å². The Balaban J connectivity index is 1.98. The molecule has 0 unspecified atom stereocenters. The molecule has 0 aliphatic heterocycles. The van der Waals surface area contributed by atoms with Crippen molar-refractivity contribution >= 4 is 21.7 Å². The van der Waals surface area contributed by atoms with Crippen molar-refractivity contribution in [3.8, 4) is 0 Å². The maximum atomic E-state index is 12.3. The lowest BCUT2D eigenvalue weighted by Crippen LogP contribution is -2.44. The SMILES string of the molecule is CC(=O)c1ccc(S(=O)(=O)N[C@@H](C)C(=O)NCc2ccccc2)cc1. The van der Waals surface area contributed by atoms with Crippen LogP contribution in [0.3, 0.4) is 0 Å². The highest BCUT2D eigenvalue weighted by Gasteiger charge is 2.22. The van der Waals surface area contributed by atoms with Gasteiger partial charge in [0.25, 0.3) is 0 Å². The third-order valence-corrected chi connectivity index (χ3v) is 5.16. The number of carbonyl (C=O) groups excluding carboxylic acids is 2. The number of benzene rings is 2. The molecule has 7 heteroatoms. The van der Waals surface area contributed by atoms with Crippen LogP contribution in [0, 0.1) is 0 Å². The minimum atomic E-state index is -3.85. The van der Waals surface area contributed by atoms with Crippen molar-refractivity contribution in [2.45, 2.75) is 31.3 Å². The molecule has 0 heterocycles. The molecule has 25 heavy (non-hydrogen) atoms. The van der Waals surface area contributed by atoms with Crippen molar-refractivity contribution in [3.05, 3.63) is 65.7 Å². The Kier molecular flexibility index (Phi) is 6.06. The number of sulfonamides is 1. The average molecular weight is 360 g/mol. The summed E-state index contributed by atoms with van der Waals surface area (Å²) in [6.45, 7) is 3.20. The third-order valence-electron chi connectivity index (χ3n) is 3.61. The zero-order valence-electron chi connectivity index (χ0n) is 14.0. The lowest BCUT2D eigenvalue weighted by Gasteiger charge is -2.14. The van der Waals surface area contributed by atoms with Crippen LogP contribution >= 0.6 is 0 Å². The molecule has 0 radical (unpaired) electrons. The Labute approximate surface area is 147 Å². The van der Waals surface area contributed by atoms with E-state index < -0.39 is 22.0 Å². The van der Waals surface area contributed by atoms with Crippen LogP contribution in [0.15, 0.2) is 59.5 Å². The summed E-state index contributed by atoms with van der Waals surface area (Å²) in [5.74, 6) is -0.571. The van der Waals surface area contributed by atoms with E-state index in [9.17, 15) is 18.0 Å².